The van der Waals surface area contributed by atoms with Crippen molar-refractivity contribution in [3.8, 4) is 0 Å². The van der Waals surface area contributed by atoms with E-state index in [9.17, 15) is 0 Å². The highest BCUT2D eigenvalue weighted by Gasteiger charge is 2.02. The van der Waals surface area contributed by atoms with Crippen molar-refractivity contribution in [2.45, 2.75) is 20.8 Å². The van der Waals surface area contributed by atoms with Gasteiger partial charge in [-0.3, -0.25) is 4.99 Å². The van der Waals surface area contributed by atoms with E-state index in [1.807, 2.05) is 13.8 Å². The van der Waals surface area contributed by atoms with Crippen LogP contribution in [0.15, 0.2) is 37.8 Å². The Bertz CT molecular complexity index is 335. The summed E-state index contributed by atoms with van der Waals surface area (Å²) in [5.74, 6) is 0. The van der Waals surface area contributed by atoms with Crippen molar-refractivity contribution in [3.63, 3.8) is 0 Å². The molecule has 2 heteroatoms. The summed E-state index contributed by atoms with van der Waals surface area (Å²) in [5, 5.41) is 0. The zero-order valence-electron chi connectivity index (χ0n) is 8.53. The van der Waals surface area contributed by atoms with Crippen molar-refractivity contribution in [2.75, 3.05) is 7.05 Å². The predicted octanol–water partition coefficient (Wildman–Crippen LogP) is 3.67. The van der Waals surface area contributed by atoms with E-state index in [4.69, 9.17) is 0 Å². The van der Waals surface area contributed by atoms with Crippen molar-refractivity contribution in [3.05, 3.63) is 32.8 Å². The average molecular weight is 287 g/mol. The number of aliphatic imine (C=N–C) groups is 1. The van der Waals surface area contributed by atoms with Gasteiger partial charge in [-0.1, -0.05) is 11.5 Å². The highest BCUT2D eigenvalue weighted by atomic mass is 127. The normalized spacial score (nSPS) is 12.8. The maximum absolute atomic E-state index is 4.13. The average Bonchev–Trinajstić information content (AvgIpc) is 2.14. The summed E-state index contributed by atoms with van der Waals surface area (Å²) < 4.78 is 1.17. The Hall–Kier alpha value is -0.560. The minimum atomic E-state index is 1.04. The second kappa shape index (κ2) is 5.98. The summed E-state index contributed by atoms with van der Waals surface area (Å²) in [7, 11) is 1.80. The highest BCUT2D eigenvalue weighted by Crippen LogP contribution is 2.19. The summed E-state index contributed by atoms with van der Waals surface area (Å²) in [4.78, 5) is 4.13. The summed E-state index contributed by atoms with van der Waals surface area (Å²) in [6, 6.07) is 0. The molecule has 0 atom stereocenters. The van der Waals surface area contributed by atoms with Gasteiger partial charge in [0.1, 0.15) is 0 Å². The van der Waals surface area contributed by atoms with E-state index in [1.165, 1.54) is 9.15 Å². The minimum Gasteiger partial charge on any atom is -0.292 e. The molecule has 0 bridgehead atoms. The molecule has 0 aromatic carbocycles. The lowest BCUT2D eigenvalue weighted by atomic mass is 10.1. The maximum Gasteiger partial charge on any atom is 0.0450 e. The lowest BCUT2D eigenvalue weighted by Gasteiger charge is -2.03. The topological polar surface area (TPSA) is 12.4 Å². The molecular weight excluding hydrogens is 273 g/mol. The van der Waals surface area contributed by atoms with Gasteiger partial charge < -0.3 is 0 Å². The SMILES string of the molecule is C=C=C=C(C)/C(C)=C(I)\C(C)=N/C. The van der Waals surface area contributed by atoms with Gasteiger partial charge in [-0.25, -0.2) is 0 Å². The van der Waals surface area contributed by atoms with Gasteiger partial charge in [0.15, 0.2) is 0 Å². The van der Waals surface area contributed by atoms with Crippen LogP contribution in [0.25, 0.3) is 0 Å². The molecule has 0 amide bonds. The molecule has 0 aliphatic carbocycles. The van der Waals surface area contributed by atoms with E-state index >= 15 is 0 Å². The first-order valence-corrected chi connectivity index (χ1v) is 5.04. The highest BCUT2D eigenvalue weighted by molar-refractivity contribution is 14.1. The molecule has 0 aliphatic heterocycles. The molecule has 0 aromatic heterocycles. The quantitative estimate of drug-likeness (QED) is 0.318. The number of allylic oxidation sites excluding steroid dienone is 3. The lowest BCUT2D eigenvalue weighted by Crippen LogP contribution is -1.94. The molecular formula is C11H14IN. The number of halogens is 1. The Morgan fingerprint density at radius 2 is 1.85 bits per heavy atom. The summed E-state index contributed by atoms with van der Waals surface area (Å²) in [6.07, 6.45) is 0. The van der Waals surface area contributed by atoms with Gasteiger partial charge in [0, 0.05) is 21.9 Å². The van der Waals surface area contributed by atoms with Crippen molar-refractivity contribution < 1.29 is 0 Å². The third-order valence-corrected chi connectivity index (χ3v) is 3.41. The minimum absolute atomic E-state index is 1.04. The smallest absolute Gasteiger partial charge is 0.0450 e. The van der Waals surface area contributed by atoms with Gasteiger partial charge in [-0.2, -0.15) is 0 Å². The van der Waals surface area contributed by atoms with Crippen LogP contribution in [-0.4, -0.2) is 12.8 Å². The molecule has 0 radical (unpaired) electrons. The van der Waals surface area contributed by atoms with Crippen LogP contribution in [0, 0.1) is 0 Å². The van der Waals surface area contributed by atoms with Crippen LogP contribution in [0.1, 0.15) is 20.8 Å². The van der Waals surface area contributed by atoms with E-state index in [0.29, 0.717) is 0 Å². The first-order valence-electron chi connectivity index (χ1n) is 3.96. The second-order valence-electron chi connectivity index (χ2n) is 2.67. The lowest BCUT2D eigenvalue weighted by molar-refractivity contribution is 1.34. The van der Waals surface area contributed by atoms with Gasteiger partial charge >= 0.3 is 0 Å². The summed E-state index contributed by atoms with van der Waals surface area (Å²) in [6.45, 7) is 9.54. The van der Waals surface area contributed by atoms with E-state index in [-0.39, 0.29) is 0 Å². The maximum atomic E-state index is 4.13. The fraction of sp³-hybridized carbons (Fsp3) is 0.364. The van der Waals surface area contributed by atoms with Crippen LogP contribution in [-0.2, 0) is 0 Å². The molecule has 0 rings (SSSR count). The third-order valence-electron chi connectivity index (χ3n) is 1.82. The Morgan fingerprint density at radius 3 is 2.23 bits per heavy atom. The van der Waals surface area contributed by atoms with Crippen LogP contribution in [0.4, 0.5) is 0 Å². The first kappa shape index (κ1) is 12.4. The van der Waals surface area contributed by atoms with Gasteiger partial charge in [-0.15, -0.1) is 0 Å². The summed E-state index contributed by atoms with van der Waals surface area (Å²) in [5.41, 5.74) is 8.87. The van der Waals surface area contributed by atoms with Crippen LogP contribution in [0.2, 0.25) is 0 Å². The zero-order chi connectivity index (χ0) is 10.4. The molecule has 0 aromatic rings. The number of nitrogens with zero attached hydrogens (tertiary/aromatic N) is 1. The number of hydrogen-bond acceptors (Lipinski definition) is 1. The Balaban J connectivity index is 5.28. The van der Waals surface area contributed by atoms with E-state index in [0.717, 1.165) is 11.3 Å². The molecule has 0 N–H and O–H groups in total. The Morgan fingerprint density at radius 1 is 1.31 bits per heavy atom. The fourth-order valence-electron chi connectivity index (χ4n) is 0.760. The molecule has 0 saturated carbocycles. The molecule has 1 nitrogen and oxygen atoms in total. The van der Waals surface area contributed by atoms with Crippen molar-refractivity contribution in [2.24, 2.45) is 4.99 Å². The van der Waals surface area contributed by atoms with Crippen LogP contribution in [0.5, 0.6) is 0 Å². The van der Waals surface area contributed by atoms with Crippen LogP contribution >= 0.6 is 22.6 Å². The summed E-state index contributed by atoms with van der Waals surface area (Å²) >= 11 is 2.29. The Kier molecular flexibility index (Phi) is 5.72. The van der Waals surface area contributed by atoms with Crippen molar-refractivity contribution in [1.82, 2.24) is 0 Å². The number of rotatable bonds is 2. The van der Waals surface area contributed by atoms with Gasteiger partial charge in [-0.05, 0) is 55.5 Å². The van der Waals surface area contributed by atoms with Crippen LogP contribution in [0.3, 0.4) is 0 Å². The van der Waals surface area contributed by atoms with E-state index in [1.54, 1.807) is 7.05 Å². The first-order chi connectivity index (χ1) is 6.04. The standard InChI is InChI=1S/C11H14IN/c1-6-7-8(2)9(3)11(12)10(4)13-5/h1H2,2-5H3/b11-9+,13-10-. The monoisotopic (exact) mass is 287 g/mol. The molecule has 0 spiro atoms. The number of hydrogen-bond donors (Lipinski definition) is 0. The largest absolute Gasteiger partial charge is 0.292 e. The molecule has 13 heavy (non-hydrogen) atoms. The molecule has 0 fully saturated rings. The van der Waals surface area contributed by atoms with Gasteiger partial charge in [0.05, 0.1) is 0 Å². The predicted molar refractivity (Wildman–Crippen MR) is 67.6 cm³/mol. The zero-order valence-corrected chi connectivity index (χ0v) is 10.7. The molecule has 0 unspecified atom stereocenters. The third kappa shape index (κ3) is 3.77. The van der Waals surface area contributed by atoms with E-state index in [2.05, 4.69) is 52.5 Å². The second-order valence-corrected chi connectivity index (χ2v) is 3.75. The molecule has 0 heterocycles. The van der Waals surface area contributed by atoms with Gasteiger partial charge in [0.25, 0.3) is 0 Å². The Labute approximate surface area is 93.8 Å². The molecule has 0 aliphatic rings. The molecule has 70 valence electrons. The van der Waals surface area contributed by atoms with Crippen molar-refractivity contribution >= 4 is 28.3 Å². The van der Waals surface area contributed by atoms with Gasteiger partial charge in [0.2, 0.25) is 0 Å². The van der Waals surface area contributed by atoms with Crippen molar-refractivity contribution in [1.29, 1.82) is 0 Å². The van der Waals surface area contributed by atoms with Crippen LogP contribution < -0.4 is 0 Å². The fourth-order valence-corrected chi connectivity index (χ4v) is 1.41. The molecule has 0 saturated heterocycles. The van der Waals surface area contributed by atoms with E-state index < -0.39 is 0 Å².